The molecule has 0 radical (unpaired) electrons. The van der Waals surface area contributed by atoms with Crippen LogP contribution in [0.15, 0.2) is 227 Å². The first-order chi connectivity index (χ1) is 35.2. The van der Waals surface area contributed by atoms with Crippen LogP contribution < -0.4 is 0 Å². The van der Waals surface area contributed by atoms with Crippen LogP contribution in [0.2, 0.25) is 0 Å². The molecule has 0 spiro atoms. The highest BCUT2D eigenvalue weighted by Gasteiger charge is 2.22. The van der Waals surface area contributed by atoms with Crippen LogP contribution in [0.1, 0.15) is 17.7 Å². The minimum absolute atomic E-state index is 0.851. The van der Waals surface area contributed by atoms with Crippen LogP contribution in [0.4, 0.5) is 0 Å². The van der Waals surface area contributed by atoms with Gasteiger partial charge < -0.3 is 22.5 Å². The van der Waals surface area contributed by atoms with E-state index in [9.17, 15) is 0 Å². The van der Waals surface area contributed by atoms with Crippen molar-refractivity contribution in [3.63, 3.8) is 0 Å². The number of hydrogen-bond acceptors (Lipinski definition) is 2. The number of aromatic nitrogens is 3. The Bertz CT molecular complexity index is 4750. The average molecular weight is 908 g/mol. The molecule has 71 heavy (non-hydrogen) atoms. The second-order valence-electron chi connectivity index (χ2n) is 19.1. The maximum absolute atomic E-state index is 6.57. The van der Waals surface area contributed by atoms with Crippen molar-refractivity contribution in [2.24, 2.45) is 0 Å². The van der Waals surface area contributed by atoms with Gasteiger partial charge in [-0.15, -0.1) is 0 Å². The predicted molar refractivity (Wildman–Crippen MR) is 295 cm³/mol. The molecule has 5 heterocycles. The van der Waals surface area contributed by atoms with Gasteiger partial charge in [-0.05, 0) is 150 Å². The van der Waals surface area contributed by atoms with Crippen LogP contribution in [0.5, 0.6) is 0 Å². The molecule has 5 nitrogen and oxygen atoms in total. The summed E-state index contributed by atoms with van der Waals surface area (Å²) in [5, 5.41) is 10.4. The van der Waals surface area contributed by atoms with Gasteiger partial charge in [0.15, 0.2) is 0 Å². The van der Waals surface area contributed by atoms with Gasteiger partial charge >= 0.3 is 0 Å². The van der Waals surface area contributed by atoms with Gasteiger partial charge in [0, 0.05) is 76.8 Å². The van der Waals surface area contributed by atoms with Crippen LogP contribution in [0, 0.1) is 0 Å². The largest absolute Gasteiger partial charge is 0.456 e. The fourth-order valence-electron chi connectivity index (χ4n) is 12.1. The van der Waals surface area contributed by atoms with E-state index in [2.05, 4.69) is 226 Å². The van der Waals surface area contributed by atoms with Crippen LogP contribution >= 0.6 is 0 Å². The van der Waals surface area contributed by atoms with Gasteiger partial charge in [-0.1, -0.05) is 109 Å². The maximum Gasteiger partial charge on any atom is 0.136 e. The van der Waals surface area contributed by atoms with Crippen molar-refractivity contribution in [1.29, 1.82) is 0 Å². The van der Waals surface area contributed by atoms with Crippen molar-refractivity contribution in [2.75, 3.05) is 0 Å². The summed E-state index contributed by atoms with van der Waals surface area (Å²) < 4.78 is 20.2. The molecule has 0 N–H and O–H groups in total. The zero-order chi connectivity index (χ0) is 46.3. The zero-order valence-electron chi connectivity index (χ0n) is 38.4. The first kappa shape index (κ1) is 38.6. The van der Waals surface area contributed by atoms with E-state index in [4.69, 9.17) is 8.83 Å². The Hall–Kier alpha value is -9.32. The normalized spacial score (nSPS) is 12.9. The summed E-state index contributed by atoms with van der Waals surface area (Å²) >= 11 is 0. The molecule has 5 aromatic heterocycles. The summed E-state index contributed by atoms with van der Waals surface area (Å²) in [4.78, 5) is 0. The van der Waals surface area contributed by atoms with Crippen molar-refractivity contribution in [1.82, 2.24) is 13.7 Å². The molecule has 0 atom stereocenters. The molecule has 5 heteroatoms. The van der Waals surface area contributed by atoms with Gasteiger partial charge in [0.25, 0.3) is 0 Å². The fourth-order valence-corrected chi connectivity index (χ4v) is 12.1. The van der Waals surface area contributed by atoms with Crippen molar-refractivity contribution in [2.45, 2.75) is 12.8 Å². The number of hydrogen-bond donors (Lipinski definition) is 0. The van der Waals surface area contributed by atoms with Crippen LogP contribution in [0.25, 0.3) is 144 Å². The Labute approximate surface area is 406 Å². The number of fused-ring (bicyclic) bond motifs is 15. The minimum Gasteiger partial charge on any atom is -0.456 e. The fraction of sp³-hybridized carbons (Fsp3) is 0.0303. The summed E-state index contributed by atoms with van der Waals surface area (Å²) in [7, 11) is 0. The lowest BCUT2D eigenvalue weighted by atomic mass is 9.97. The molecule has 332 valence electrons. The van der Waals surface area contributed by atoms with E-state index in [-0.39, 0.29) is 0 Å². The molecule has 0 fully saturated rings. The minimum atomic E-state index is 0.851. The lowest BCUT2D eigenvalue weighted by Crippen LogP contribution is -2.02. The number of nitrogens with zero attached hydrogens (tertiary/aromatic N) is 3. The van der Waals surface area contributed by atoms with Crippen molar-refractivity contribution in [3.05, 3.63) is 230 Å². The zero-order valence-corrected chi connectivity index (χ0v) is 38.4. The highest BCUT2D eigenvalue weighted by molar-refractivity contribution is 6.17. The third-order valence-electron chi connectivity index (χ3n) is 15.3. The van der Waals surface area contributed by atoms with Gasteiger partial charge in [0.05, 0.1) is 27.6 Å². The van der Waals surface area contributed by atoms with Crippen LogP contribution in [-0.2, 0) is 6.42 Å². The monoisotopic (exact) mass is 907 g/mol. The van der Waals surface area contributed by atoms with Crippen molar-refractivity contribution in [3.8, 4) is 39.3 Å². The lowest BCUT2D eigenvalue weighted by Gasteiger charge is -2.13. The van der Waals surface area contributed by atoms with Gasteiger partial charge in [-0.25, -0.2) is 0 Å². The Kier molecular flexibility index (Phi) is 7.94. The summed E-state index contributed by atoms with van der Waals surface area (Å²) in [5.74, 6) is 0. The van der Waals surface area contributed by atoms with E-state index in [0.717, 1.165) is 79.1 Å². The maximum atomic E-state index is 6.57. The number of para-hydroxylation sites is 4. The summed E-state index contributed by atoms with van der Waals surface area (Å²) in [6.07, 6.45) is 6.72. The third kappa shape index (κ3) is 5.63. The van der Waals surface area contributed by atoms with Gasteiger partial charge in [0.1, 0.15) is 22.3 Å². The molecular weight excluding hydrogens is 867 g/mol. The van der Waals surface area contributed by atoms with Gasteiger partial charge in [0.2, 0.25) is 0 Å². The third-order valence-corrected chi connectivity index (χ3v) is 15.3. The van der Waals surface area contributed by atoms with Gasteiger partial charge in [-0.2, -0.15) is 0 Å². The molecule has 0 aliphatic heterocycles. The topological polar surface area (TPSA) is 41.1 Å². The smallest absolute Gasteiger partial charge is 0.136 e. The van der Waals surface area contributed by atoms with E-state index in [1.54, 1.807) is 0 Å². The Morgan fingerprint density at radius 3 is 1.41 bits per heavy atom. The highest BCUT2D eigenvalue weighted by atomic mass is 16.3. The number of furan rings is 2. The molecule has 0 amide bonds. The molecule has 1 aliphatic rings. The lowest BCUT2D eigenvalue weighted by molar-refractivity contribution is 0.664. The molecule has 0 saturated heterocycles. The second kappa shape index (κ2) is 14.6. The standard InChI is InChI=1S/C66H41N3O2/c1-3-13-44(14-4-1)67-57-20-10-7-17-47(57)50-33-40(23-28-59(50)67)42-25-30-61-52(35-42)53-36-43(41-24-29-60-51(34-41)48-18-8-11-21-58(48)68(60)45-15-5-2-6-16-45)26-31-62(53)69(61)46-27-32-64-54(37-46)56-39-65-55(38-66(56)71-64)49-19-9-12-22-63(49)70-65/h1-10,12-20,22-39H,11,21H2. The predicted octanol–water partition coefficient (Wildman–Crippen LogP) is 17.9. The number of allylic oxidation sites excluding steroid dienone is 1. The van der Waals surface area contributed by atoms with Crippen LogP contribution in [-0.4, -0.2) is 13.7 Å². The summed E-state index contributed by atoms with van der Waals surface area (Å²) in [6.45, 7) is 0. The van der Waals surface area contributed by atoms with E-state index in [1.807, 2.05) is 12.1 Å². The summed E-state index contributed by atoms with van der Waals surface area (Å²) in [6, 6.07) is 77.4. The highest BCUT2D eigenvalue weighted by Crippen LogP contribution is 2.43. The molecular formula is C66H41N3O2. The van der Waals surface area contributed by atoms with E-state index in [1.165, 1.54) is 82.7 Å². The summed E-state index contributed by atoms with van der Waals surface area (Å²) in [5.41, 5.74) is 20.2. The van der Waals surface area contributed by atoms with Crippen molar-refractivity contribution < 1.29 is 8.83 Å². The molecule has 0 unspecified atom stereocenters. The first-order valence-electron chi connectivity index (χ1n) is 24.5. The van der Waals surface area contributed by atoms with Crippen molar-refractivity contribution >= 4 is 104 Å². The number of benzene rings is 10. The van der Waals surface area contributed by atoms with E-state index < -0.39 is 0 Å². The molecule has 16 rings (SSSR count). The molecule has 1 aliphatic carbocycles. The number of rotatable bonds is 5. The average Bonchev–Trinajstić information content (AvgIpc) is 4.23. The molecule has 15 aromatic rings. The SMILES string of the molecule is C1=Cc2c(n(-c3ccccc3)c3ccc(-c4ccc5c(c4)c4cc(-c6ccc7c(c6)c6ccccc6n7-c6ccccc6)ccc4n5-c4ccc5oc6cc7c(cc6c5c4)oc4ccccc47)cc23)CC1. The Morgan fingerprint density at radius 1 is 0.296 bits per heavy atom. The molecule has 10 aromatic carbocycles. The molecule has 0 saturated carbocycles. The van der Waals surface area contributed by atoms with E-state index in [0.29, 0.717) is 0 Å². The van der Waals surface area contributed by atoms with E-state index >= 15 is 0 Å². The second-order valence-corrected chi connectivity index (χ2v) is 19.1. The first-order valence-corrected chi connectivity index (χ1v) is 24.5. The molecule has 0 bridgehead atoms. The van der Waals surface area contributed by atoms with Gasteiger partial charge in [-0.3, -0.25) is 0 Å². The van der Waals surface area contributed by atoms with Crippen LogP contribution in [0.3, 0.4) is 0 Å². The quantitative estimate of drug-likeness (QED) is 0.173. The Balaban J connectivity index is 0.904. The Morgan fingerprint density at radius 2 is 0.761 bits per heavy atom.